The summed E-state index contributed by atoms with van der Waals surface area (Å²) in [5.41, 5.74) is -2.89. The second-order valence-corrected chi connectivity index (χ2v) is 7.30. The van der Waals surface area contributed by atoms with E-state index in [2.05, 4.69) is 10.3 Å². The van der Waals surface area contributed by atoms with Gasteiger partial charge in [0.1, 0.15) is 10.7 Å². The van der Waals surface area contributed by atoms with E-state index in [0.717, 1.165) is 6.07 Å². The summed E-state index contributed by atoms with van der Waals surface area (Å²) in [7, 11) is 0. The molecular weight excluding hydrogens is 437 g/mol. The van der Waals surface area contributed by atoms with Crippen LogP contribution in [0.2, 0.25) is 0 Å². The van der Waals surface area contributed by atoms with Crippen LogP contribution < -0.4 is 5.32 Å². The van der Waals surface area contributed by atoms with Gasteiger partial charge in [0.2, 0.25) is 0 Å². The molecule has 1 heterocycles. The molecule has 158 valence electrons. The Balaban J connectivity index is 2.01. The molecule has 0 bridgehead atoms. The minimum Gasteiger partial charge on any atom is -0.321 e. The summed E-state index contributed by atoms with van der Waals surface area (Å²) in [6.07, 6.45) is -9.80. The van der Waals surface area contributed by atoms with Crippen LogP contribution in [0.25, 0.3) is 11.1 Å². The van der Waals surface area contributed by atoms with Gasteiger partial charge in [-0.15, -0.1) is 11.3 Å². The van der Waals surface area contributed by atoms with Crippen molar-refractivity contribution in [2.75, 3.05) is 5.32 Å². The van der Waals surface area contributed by atoms with Gasteiger partial charge in [-0.05, 0) is 30.7 Å². The van der Waals surface area contributed by atoms with Crippen molar-refractivity contribution >= 4 is 22.9 Å². The van der Waals surface area contributed by atoms with Crippen molar-refractivity contribution in [1.82, 2.24) is 4.98 Å². The van der Waals surface area contributed by atoms with Crippen LogP contribution in [0.3, 0.4) is 0 Å². The Morgan fingerprint density at radius 2 is 1.67 bits per heavy atom. The molecule has 0 fully saturated rings. The van der Waals surface area contributed by atoms with Crippen LogP contribution in [0.4, 0.5) is 36.4 Å². The molecule has 1 aromatic heterocycles. The zero-order valence-electron chi connectivity index (χ0n) is 15.0. The smallest absolute Gasteiger partial charge is 0.321 e. The number of carbonyl (C=O) groups is 1. The molecule has 0 saturated heterocycles. The maximum Gasteiger partial charge on any atom is 0.435 e. The zero-order valence-corrected chi connectivity index (χ0v) is 15.8. The molecule has 1 N–H and O–H groups in total. The summed E-state index contributed by atoms with van der Waals surface area (Å²) in [6.45, 7) is 1.31. The number of hydrogen-bond acceptors (Lipinski definition) is 3. The Morgan fingerprint density at radius 1 is 1.00 bits per heavy atom. The number of nitrogens with zero attached hydrogens (tertiary/aromatic N) is 1. The topological polar surface area (TPSA) is 42.0 Å². The molecule has 0 aliphatic rings. The van der Waals surface area contributed by atoms with Crippen LogP contribution in [0.15, 0.2) is 42.5 Å². The van der Waals surface area contributed by atoms with Crippen molar-refractivity contribution in [2.24, 2.45) is 0 Å². The van der Waals surface area contributed by atoms with Gasteiger partial charge in [0.25, 0.3) is 5.91 Å². The number of aromatic nitrogens is 1. The van der Waals surface area contributed by atoms with Gasteiger partial charge in [0, 0.05) is 11.3 Å². The third-order valence-corrected chi connectivity index (χ3v) is 4.94. The SMILES string of the molecule is Cc1nc(C(F)(F)F)c(C(=O)Nc2ccccc2-c2ccc(F)c(C(F)(F)F)c2)s1. The summed E-state index contributed by atoms with van der Waals surface area (Å²) in [6, 6.07) is 7.84. The minimum atomic E-state index is -4.94. The lowest BCUT2D eigenvalue weighted by Crippen LogP contribution is -2.17. The van der Waals surface area contributed by atoms with E-state index in [1.807, 2.05) is 0 Å². The number of anilines is 1. The van der Waals surface area contributed by atoms with E-state index in [-0.39, 0.29) is 21.8 Å². The Morgan fingerprint density at radius 3 is 2.30 bits per heavy atom. The van der Waals surface area contributed by atoms with E-state index in [4.69, 9.17) is 0 Å². The van der Waals surface area contributed by atoms with Crippen LogP contribution in [-0.2, 0) is 12.4 Å². The van der Waals surface area contributed by atoms with Crippen LogP contribution in [0.1, 0.15) is 25.9 Å². The van der Waals surface area contributed by atoms with E-state index in [9.17, 15) is 35.5 Å². The number of aryl methyl sites for hydroxylation is 1. The van der Waals surface area contributed by atoms with Crippen molar-refractivity contribution in [2.45, 2.75) is 19.3 Å². The second kappa shape index (κ2) is 7.71. The average molecular weight is 448 g/mol. The first-order valence-electron chi connectivity index (χ1n) is 8.20. The van der Waals surface area contributed by atoms with Gasteiger partial charge in [-0.25, -0.2) is 9.37 Å². The normalized spacial score (nSPS) is 12.1. The van der Waals surface area contributed by atoms with Gasteiger partial charge < -0.3 is 5.32 Å². The van der Waals surface area contributed by atoms with E-state index in [1.54, 1.807) is 0 Å². The van der Waals surface area contributed by atoms with Gasteiger partial charge in [-0.3, -0.25) is 4.79 Å². The molecule has 0 unspecified atom stereocenters. The monoisotopic (exact) mass is 448 g/mol. The predicted octanol–water partition coefficient (Wildman–Crippen LogP) is 6.55. The standard InChI is InChI=1S/C19H11F7N2OS/c1-9-27-16(19(24,25)26)15(30-9)17(29)28-14-5-3-2-4-11(14)10-6-7-13(20)12(8-10)18(21,22)23/h2-8H,1H3,(H,28,29). The Bertz CT molecular complexity index is 1100. The summed E-state index contributed by atoms with van der Waals surface area (Å²) in [4.78, 5) is 15.1. The first-order chi connectivity index (χ1) is 13.9. The number of para-hydroxylation sites is 1. The maximum atomic E-state index is 13.6. The third-order valence-electron chi connectivity index (χ3n) is 3.97. The lowest BCUT2D eigenvalue weighted by Gasteiger charge is -2.14. The van der Waals surface area contributed by atoms with E-state index in [1.165, 1.54) is 31.2 Å². The Labute approximate surface area is 169 Å². The lowest BCUT2D eigenvalue weighted by atomic mass is 10.0. The third kappa shape index (κ3) is 4.45. The van der Waals surface area contributed by atoms with Gasteiger partial charge in [0.05, 0.1) is 10.6 Å². The number of rotatable bonds is 3. The summed E-state index contributed by atoms with van der Waals surface area (Å²) in [5, 5.41) is 2.30. The highest BCUT2D eigenvalue weighted by Gasteiger charge is 2.39. The number of benzene rings is 2. The molecule has 3 aromatic rings. The van der Waals surface area contributed by atoms with Crippen LogP contribution in [0.5, 0.6) is 0 Å². The van der Waals surface area contributed by atoms with E-state index >= 15 is 0 Å². The Kier molecular flexibility index (Phi) is 5.59. The highest BCUT2D eigenvalue weighted by atomic mass is 32.1. The molecule has 0 saturated carbocycles. The van der Waals surface area contributed by atoms with Crippen molar-refractivity contribution in [1.29, 1.82) is 0 Å². The molecule has 11 heteroatoms. The molecular formula is C19H11F7N2OS. The number of alkyl halides is 6. The highest BCUT2D eigenvalue weighted by Crippen LogP contribution is 2.37. The maximum absolute atomic E-state index is 13.6. The van der Waals surface area contributed by atoms with Gasteiger partial charge in [0.15, 0.2) is 5.69 Å². The van der Waals surface area contributed by atoms with Gasteiger partial charge in [-0.2, -0.15) is 26.3 Å². The Hall–Kier alpha value is -2.95. The quantitative estimate of drug-likeness (QED) is 0.462. The predicted molar refractivity (Wildman–Crippen MR) is 96.6 cm³/mol. The first-order valence-corrected chi connectivity index (χ1v) is 9.01. The van der Waals surface area contributed by atoms with Crippen molar-refractivity contribution in [3.05, 3.63) is 69.4 Å². The largest absolute Gasteiger partial charge is 0.435 e. The lowest BCUT2D eigenvalue weighted by molar-refractivity contribution is -0.141. The first kappa shape index (κ1) is 21.8. The molecule has 0 spiro atoms. The summed E-state index contributed by atoms with van der Waals surface area (Å²) in [5.74, 6) is -2.58. The molecule has 3 nitrogen and oxygen atoms in total. The van der Waals surface area contributed by atoms with E-state index in [0.29, 0.717) is 23.5 Å². The van der Waals surface area contributed by atoms with Crippen LogP contribution in [0, 0.1) is 12.7 Å². The number of carbonyl (C=O) groups excluding carboxylic acids is 1. The fraction of sp³-hybridized carbons (Fsp3) is 0.158. The molecule has 30 heavy (non-hydrogen) atoms. The fourth-order valence-electron chi connectivity index (χ4n) is 2.71. The van der Waals surface area contributed by atoms with Gasteiger partial charge >= 0.3 is 12.4 Å². The number of thiazole rings is 1. The average Bonchev–Trinajstić information content (AvgIpc) is 3.04. The molecule has 2 aromatic carbocycles. The second-order valence-electron chi connectivity index (χ2n) is 6.10. The van der Waals surface area contributed by atoms with Crippen molar-refractivity contribution in [3.63, 3.8) is 0 Å². The number of halogens is 7. The van der Waals surface area contributed by atoms with Crippen molar-refractivity contribution in [3.8, 4) is 11.1 Å². The molecule has 0 aliphatic heterocycles. The molecule has 1 amide bonds. The minimum absolute atomic E-state index is 0.0223. The molecule has 0 atom stereocenters. The molecule has 3 rings (SSSR count). The molecule has 0 aliphatic carbocycles. The fourth-order valence-corrected chi connectivity index (χ4v) is 3.54. The summed E-state index contributed by atoms with van der Waals surface area (Å²) >= 11 is 0.537. The highest BCUT2D eigenvalue weighted by molar-refractivity contribution is 7.13. The van der Waals surface area contributed by atoms with Crippen LogP contribution in [-0.4, -0.2) is 10.9 Å². The number of hydrogen-bond donors (Lipinski definition) is 1. The van der Waals surface area contributed by atoms with Crippen LogP contribution >= 0.6 is 11.3 Å². The number of nitrogens with one attached hydrogen (secondary N) is 1. The van der Waals surface area contributed by atoms with E-state index < -0.39 is 40.2 Å². The van der Waals surface area contributed by atoms with Crippen molar-refractivity contribution < 1.29 is 35.5 Å². The zero-order chi connectivity index (χ0) is 22.3. The number of amides is 1. The van der Waals surface area contributed by atoms with Gasteiger partial charge in [-0.1, -0.05) is 24.3 Å². The molecule has 0 radical (unpaired) electrons. The summed E-state index contributed by atoms with van der Waals surface area (Å²) < 4.78 is 92.0.